The Hall–Kier alpha value is -1.01. The van der Waals surface area contributed by atoms with E-state index < -0.39 is 12.7 Å². The average molecular weight is 311 g/mol. The molecule has 0 aliphatic rings. The van der Waals surface area contributed by atoms with E-state index >= 15 is 0 Å². The van der Waals surface area contributed by atoms with Gasteiger partial charge in [0.2, 0.25) is 0 Å². The van der Waals surface area contributed by atoms with Gasteiger partial charge in [-0.1, -0.05) is 23.8 Å². The number of nitrogens with two attached hydrogens (primary N) is 1. The molecule has 0 spiro atoms. The van der Waals surface area contributed by atoms with Crippen LogP contribution in [0.3, 0.4) is 0 Å². The Balaban J connectivity index is 3.11. The number of anilines is 1. The first kappa shape index (κ1) is 16.0. The molecule has 0 aromatic heterocycles. The maximum Gasteiger partial charge on any atom is 0.405 e. The zero-order valence-corrected chi connectivity index (χ0v) is 12.0. The second-order valence-corrected chi connectivity index (χ2v) is 5.21. The third-order valence-corrected chi connectivity index (χ3v) is 3.06. The molecule has 0 aliphatic heterocycles. The summed E-state index contributed by atoms with van der Waals surface area (Å²) >= 11 is 10.8. The summed E-state index contributed by atoms with van der Waals surface area (Å²) in [7, 11) is 0. The fourth-order valence-corrected chi connectivity index (χ4v) is 2.16. The molecule has 0 saturated heterocycles. The number of nitrogens with zero attached hydrogens (tertiary/aromatic N) is 1. The van der Waals surface area contributed by atoms with Crippen molar-refractivity contribution < 1.29 is 13.2 Å². The van der Waals surface area contributed by atoms with Crippen LogP contribution in [0.15, 0.2) is 18.2 Å². The van der Waals surface area contributed by atoms with Gasteiger partial charge in [0.1, 0.15) is 11.5 Å². The number of hydrogen-bond acceptors (Lipinski definition) is 2. The highest BCUT2D eigenvalue weighted by molar-refractivity contribution is 7.80. The lowest BCUT2D eigenvalue weighted by molar-refractivity contribution is -0.120. The largest absolute Gasteiger partial charge is 0.405 e. The molecule has 1 rings (SSSR count). The first-order valence-electron chi connectivity index (χ1n) is 5.54. The smallest absolute Gasteiger partial charge is 0.389 e. The highest BCUT2D eigenvalue weighted by Crippen LogP contribution is 2.28. The lowest BCUT2D eigenvalue weighted by Crippen LogP contribution is -2.39. The molecule has 19 heavy (non-hydrogen) atoms. The van der Waals surface area contributed by atoms with Gasteiger partial charge in [0.05, 0.1) is 5.02 Å². The van der Waals surface area contributed by atoms with Crippen LogP contribution in [-0.4, -0.2) is 23.8 Å². The summed E-state index contributed by atoms with van der Waals surface area (Å²) in [5, 5.41) is 0.248. The van der Waals surface area contributed by atoms with Gasteiger partial charge in [0, 0.05) is 17.3 Å². The molecule has 0 radical (unpaired) electrons. The zero-order valence-electron chi connectivity index (χ0n) is 10.5. The Labute approximate surface area is 120 Å². The molecule has 0 unspecified atom stereocenters. The fraction of sp³-hybridized carbons (Fsp3) is 0.417. The topological polar surface area (TPSA) is 29.3 Å². The summed E-state index contributed by atoms with van der Waals surface area (Å²) in [5.41, 5.74) is 6.30. The van der Waals surface area contributed by atoms with E-state index in [9.17, 15) is 13.2 Å². The number of rotatable bonds is 4. The molecule has 0 bridgehead atoms. The van der Waals surface area contributed by atoms with Crippen LogP contribution < -0.4 is 10.6 Å². The summed E-state index contributed by atoms with van der Waals surface area (Å²) in [4.78, 5) is 1.33. The molecule has 0 fully saturated rings. The molecular formula is C12H14ClF3N2S. The van der Waals surface area contributed by atoms with Crippen LogP contribution >= 0.6 is 23.8 Å². The Morgan fingerprint density at radius 3 is 2.37 bits per heavy atom. The molecule has 106 valence electrons. The van der Waals surface area contributed by atoms with Crippen molar-refractivity contribution in [3.8, 4) is 0 Å². The van der Waals surface area contributed by atoms with Crippen molar-refractivity contribution in [2.45, 2.75) is 26.1 Å². The van der Waals surface area contributed by atoms with Crippen molar-refractivity contribution >= 4 is 34.5 Å². The summed E-state index contributed by atoms with van der Waals surface area (Å²) in [6.45, 7) is 2.33. The molecule has 7 heteroatoms. The number of alkyl halides is 3. The molecule has 0 amide bonds. The predicted octanol–water partition coefficient (Wildman–Crippen LogP) is 3.75. The molecule has 0 aliphatic carbocycles. The van der Waals surface area contributed by atoms with Gasteiger partial charge in [-0.25, -0.2) is 0 Å². The predicted molar refractivity (Wildman–Crippen MR) is 75.9 cm³/mol. The number of benzene rings is 1. The summed E-state index contributed by atoms with van der Waals surface area (Å²) in [6, 6.07) is 4.20. The van der Waals surface area contributed by atoms with Gasteiger partial charge in [-0.15, -0.1) is 0 Å². The standard InChI is InChI=1S/C12H14ClF3N2S/c1-7(2)18(6-12(14,15)16)8-3-4-9(11(17)19)10(13)5-8/h3-5,7H,6H2,1-2H3,(H2,17,19). The molecule has 0 saturated carbocycles. The molecule has 1 aromatic carbocycles. The second-order valence-electron chi connectivity index (χ2n) is 4.37. The maximum absolute atomic E-state index is 12.5. The van der Waals surface area contributed by atoms with Crippen LogP contribution in [0.25, 0.3) is 0 Å². The minimum atomic E-state index is -4.28. The van der Waals surface area contributed by atoms with E-state index in [4.69, 9.17) is 29.6 Å². The monoisotopic (exact) mass is 310 g/mol. The van der Waals surface area contributed by atoms with Crippen LogP contribution in [0.1, 0.15) is 19.4 Å². The Morgan fingerprint density at radius 2 is 2.00 bits per heavy atom. The lowest BCUT2D eigenvalue weighted by atomic mass is 10.1. The summed E-state index contributed by atoms with van der Waals surface area (Å²) in [5.74, 6) is 0. The fourth-order valence-electron chi connectivity index (χ4n) is 1.65. The van der Waals surface area contributed by atoms with Gasteiger partial charge in [0.25, 0.3) is 0 Å². The highest BCUT2D eigenvalue weighted by atomic mass is 35.5. The first-order chi connectivity index (χ1) is 8.61. The van der Waals surface area contributed by atoms with Crippen LogP contribution in [-0.2, 0) is 0 Å². The number of halogens is 4. The second kappa shape index (κ2) is 5.96. The van der Waals surface area contributed by atoms with Crippen molar-refractivity contribution in [3.05, 3.63) is 28.8 Å². The van der Waals surface area contributed by atoms with Crippen molar-refractivity contribution in [2.75, 3.05) is 11.4 Å². The maximum atomic E-state index is 12.5. The minimum Gasteiger partial charge on any atom is -0.389 e. The average Bonchev–Trinajstić information content (AvgIpc) is 2.23. The molecule has 1 aromatic rings. The van der Waals surface area contributed by atoms with Gasteiger partial charge in [-0.05, 0) is 32.0 Å². The molecule has 2 N–H and O–H groups in total. The van der Waals surface area contributed by atoms with Gasteiger partial charge in [0.15, 0.2) is 0 Å². The van der Waals surface area contributed by atoms with E-state index in [2.05, 4.69) is 0 Å². The van der Waals surface area contributed by atoms with E-state index in [1.54, 1.807) is 13.8 Å². The zero-order chi connectivity index (χ0) is 14.8. The highest BCUT2D eigenvalue weighted by Gasteiger charge is 2.32. The van der Waals surface area contributed by atoms with Crippen LogP contribution in [0, 0.1) is 0 Å². The van der Waals surface area contributed by atoms with Crippen molar-refractivity contribution in [2.24, 2.45) is 5.73 Å². The van der Waals surface area contributed by atoms with Gasteiger partial charge in [-0.3, -0.25) is 0 Å². The quantitative estimate of drug-likeness (QED) is 0.859. The molecule has 0 heterocycles. The molecule has 0 atom stereocenters. The minimum absolute atomic E-state index is 0.114. The first-order valence-corrected chi connectivity index (χ1v) is 6.33. The van der Waals surface area contributed by atoms with E-state index in [1.165, 1.54) is 23.1 Å². The number of thiocarbonyl (C=S) groups is 1. The molecular weight excluding hydrogens is 297 g/mol. The number of hydrogen-bond donors (Lipinski definition) is 1. The van der Waals surface area contributed by atoms with E-state index in [0.29, 0.717) is 11.3 Å². The van der Waals surface area contributed by atoms with Crippen LogP contribution in [0.4, 0.5) is 18.9 Å². The third kappa shape index (κ3) is 4.54. The van der Waals surface area contributed by atoms with Gasteiger partial charge in [-0.2, -0.15) is 13.2 Å². The Morgan fingerprint density at radius 1 is 1.42 bits per heavy atom. The Bertz CT molecular complexity index is 475. The van der Waals surface area contributed by atoms with Crippen molar-refractivity contribution in [1.82, 2.24) is 0 Å². The normalized spacial score (nSPS) is 11.7. The molecule has 2 nitrogen and oxygen atoms in total. The van der Waals surface area contributed by atoms with E-state index in [0.717, 1.165) is 0 Å². The van der Waals surface area contributed by atoms with Crippen LogP contribution in [0.2, 0.25) is 5.02 Å². The third-order valence-electron chi connectivity index (χ3n) is 2.52. The van der Waals surface area contributed by atoms with Gasteiger partial charge < -0.3 is 10.6 Å². The summed E-state index contributed by atoms with van der Waals surface area (Å²) in [6.07, 6.45) is -4.28. The van der Waals surface area contributed by atoms with Crippen molar-refractivity contribution in [1.29, 1.82) is 0 Å². The lowest BCUT2D eigenvalue weighted by Gasteiger charge is -2.30. The summed E-state index contributed by atoms with van der Waals surface area (Å²) < 4.78 is 37.6. The van der Waals surface area contributed by atoms with E-state index in [-0.39, 0.29) is 16.1 Å². The van der Waals surface area contributed by atoms with Gasteiger partial charge >= 0.3 is 6.18 Å². The van der Waals surface area contributed by atoms with E-state index in [1.807, 2.05) is 0 Å². The van der Waals surface area contributed by atoms with Crippen molar-refractivity contribution in [3.63, 3.8) is 0 Å². The SMILES string of the molecule is CC(C)N(CC(F)(F)F)c1ccc(C(N)=S)c(Cl)c1. The Kier molecular flexibility index (Phi) is 5.04. The van der Waals surface area contributed by atoms with Crippen LogP contribution in [0.5, 0.6) is 0 Å².